The fourth-order valence-electron chi connectivity index (χ4n) is 2.28. The molecular formula is C19H24N2O2. The van der Waals surface area contributed by atoms with E-state index in [-0.39, 0.29) is 18.4 Å². The van der Waals surface area contributed by atoms with Crippen LogP contribution < -0.4 is 15.8 Å². The molecule has 1 atom stereocenters. The summed E-state index contributed by atoms with van der Waals surface area (Å²) in [5, 5.41) is 2.90. The first-order valence-electron chi connectivity index (χ1n) is 7.94. The fourth-order valence-corrected chi connectivity index (χ4v) is 2.28. The average Bonchev–Trinajstić information content (AvgIpc) is 2.55. The van der Waals surface area contributed by atoms with E-state index in [1.165, 1.54) is 0 Å². The fraction of sp³-hybridized carbons (Fsp3) is 0.316. The van der Waals surface area contributed by atoms with Gasteiger partial charge < -0.3 is 15.8 Å². The van der Waals surface area contributed by atoms with Gasteiger partial charge in [-0.1, -0.05) is 43.3 Å². The van der Waals surface area contributed by atoms with Crippen molar-refractivity contribution in [2.45, 2.75) is 32.7 Å². The zero-order valence-corrected chi connectivity index (χ0v) is 13.7. The molecule has 1 amide bonds. The number of hydrogen-bond acceptors (Lipinski definition) is 3. The molecule has 0 aliphatic carbocycles. The number of ether oxygens (including phenoxy) is 1. The van der Waals surface area contributed by atoms with Gasteiger partial charge in [-0.05, 0) is 36.6 Å². The highest BCUT2D eigenvalue weighted by Crippen LogP contribution is 2.26. The first-order valence-corrected chi connectivity index (χ1v) is 7.94. The van der Waals surface area contributed by atoms with Crippen LogP contribution in [-0.4, -0.2) is 12.5 Å². The van der Waals surface area contributed by atoms with Gasteiger partial charge in [-0.3, -0.25) is 4.79 Å². The molecule has 122 valence electrons. The Bertz CT molecular complexity index is 641. The number of benzene rings is 2. The van der Waals surface area contributed by atoms with Gasteiger partial charge in [-0.25, -0.2) is 0 Å². The maximum Gasteiger partial charge on any atom is 0.226 e. The normalized spacial score (nSPS) is 11.8. The second kappa shape index (κ2) is 8.34. The molecule has 0 aromatic heterocycles. The van der Waals surface area contributed by atoms with Gasteiger partial charge in [0.2, 0.25) is 5.91 Å². The van der Waals surface area contributed by atoms with Crippen molar-refractivity contribution in [3.63, 3.8) is 0 Å². The number of hydrogen-bond donors (Lipinski definition) is 2. The van der Waals surface area contributed by atoms with E-state index in [1.54, 1.807) is 0 Å². The molecule has 0 aliphatic heterocycles. The highest BCUT2D eigenvalue weighted by molar-refractivity contribution is 5.92. The second-order valence-corrected chi connectivity index (χ2v) is 5.62. The van der Waals surface area contributed by atoms with E-state index in [0.29, 0.717) is 18.0 Å². The lowest BCUT2D eigenvalue weighted by molar-refractivity contribution is -0.116. The molecule has 2 aromatic carbocycles. The van der Waals surface area contributed by atoms with Gasteiger partial charge in [-0.2, -0.15) is 0 Å². The predicted octanol–water partition coefficient (Wildman–Crippen LogP) is 3.81. The molecule has 4 nitrogen and oxygen atoms in total. The third-order valence-corrected chi connectivity index (χ3v) is 3.51. The van der Waals surface area contributed by atoms with E-state index < -0.39 is 0 Å². The van der Waals surface area contributed by atoms with E-state index in [0.717, 1.165) is 17.5 Å². The Kier molecular flexibility index (Phi) is 6.18. The van der Waals surface area contributed by atoms with Crippen molar-refractivity contribution in [2.24, 2.45) is 5.73 Å². The van der Waals surface area contributed by atoms with E-state index in [9.17, 15) is 4.79 Å². The molecule has 1 unspecified atom stereocenters. The first kappa shape index (κ1) is 17.0. The molecule has 2 aromatic rings. The van der Waals surface area contributed by atoms with Crippen LogP contribution in [0.3, 0.4) is 0 Å². The third kappa shape index (κ3) is 5.11. The zero-order chi connectivity index (χ0) is 16.7. The van der Waals surface area contributed by atoms with Crippen molar-refractivity contribution >= 4 is 11.6 Å². The van der Waals surface area contributed by atoms with Crippen molar-refractivity contribution in [1.29, 1.82) is 0 Å². The minimum Gasteiger partial charge on any atom is -0.491 e. The van der Waals surface area contributed by atoms with Crippen LogP contribution >= 0.6 is 0 Å². The molecule has 4 heteroatoms. The molecule has 3 N–H and O–H groups in total. The molecule has 2 rings (SSSR count). The minimum atomic E-state index is -0.318. The lowest BCUT2D eigenvalue weighted by Gasteiger charge is -2.15. The summed E-state index contributed by atoms with van der Waals surface area (Å²) in [4.78, 5) is 12.3. The highest BCUT2D eigenvalue weighted by Gasteiger charge is 2.13. The Labute approximate surface area is 137 Å². The van der Waals surface area contributed by atoms with Gasteiger partial charge in [-0.15, -0.1) is 0 Å². The molecule has 0 heterocycles. The van der Waals surface area contributed by atoms with E-state index in [4.69, 9.17) is 10.5 Å². The number of nitrogens with one attached hydrogen (secondary N) is 1. The van der Waals surface area contributed by atoms with Crippen molar-refractivity contribution < 1.29 is 9.53 Å². The largest absolute Gasteiger partial charge is 0.491 e. The van der Waals surface area contributed by atoms with Crippen LogP contribution in [0.1, 0.15) is 36.9 Å². The van der Waals surface area contributed by atoms with Gasteiger partial charge in [0.1, 0.15) is 5.75 Å². The number of amides is 1. The van der Waals surface area contributed by atoms with Crippen molar-refractivity contribution in [3.05, 3.63) is 59.7 Å². The number of nitrogens with two attached hydrogens (primary N) is 1. The first-order chi connectivity index (χ1) is 11.1. The maximum atomic E-state index is 12.3. The zero-order valence-electron chi connectivity index (χ0n) is 13.7. The van der Waals surface area contributed by atoms with Crippen LogP contribution in [0.4, 0.5) is 5.69 Å². The van der Waals surface area contributed by atoms with E-state index >= 15 is 0 Å². The lowest BCUT2D eigenvalue weighted by atomic mass is 10.0. The predicted molar refractivity (Wildman–Crippen MR) is 93.6 cm³/mol. The van der Waals surface area contributed by atoms with Gasteiger partial charge in [0.15, 0.2) is 0 Å². The Morgan fingerprint density at radius 3 is 2.65 bits per heavy atom. The van der Waals surface area contributed by atoms with Crippen molar-refractivity contribution in [2.75, 3.05) is 11.9 Å². The number of rotatable bonds is 7. The standard InChI is InChI=1S/C19H24N2O2/c1-3-11-23-18-12-14(2)9-10-17(18)21-19(22)13-16(20)15-7-5-4-6-8-15/h4-10,12,16H,3,11,13,20H2,1-2H3,(H,21,22). The average molecular weight is 312 g/mol. The molecule has 0 spiro atoms. The molecule has 0 saturated carbocycles. The molecule has 0 saturated heterocycles. The van der Waals surface area contributed by atoms with Gasteiger partial charge in [0.05, 0.1) is 12.3 Å². The SMILES string of the molecule is CCCOc1cc(C)ccc1NC(=O)CC(N)c1ccccc1. The number of carbonyl (C=O) groups excluding carboxylic acids is 1. The third-order valence-electron chi connectivity index (χ3n) is 3.51. The minimum absolute atomic E-state index is 0.119. The lowest BCUT2D eigenvalue weighted by Crippen LogP contribution is -2.21. The van der Waals surface area contributed by atoms with Crippen LogP contribution in [0.2, 0.25) is 0 Å². The Hall–Kier alpha value is -2.33. The van der Waals surface area contributed by atoms with Crippen molar-refractivity contribution in [3.8, 4) is 5.75 Å². The number of aryl methyl sites for hydroxylation is 1. The van der Waals surface area contributed by atoms with Gasteiger partial charge >= 0.3 is 0 Å². The summed E-state index contributed by atoms with van der Waals surface area (Å²) >= 11 is 0. The van der Waals surface area contributed by atoms with Crippen LogP contribution in [0.5, 0.6) is 5.75 Å². The summed E-state index contributed by atoms with van der Waals surface area (Å²) in [6, 6.07) is 15.1. The van der Waals surface area contributed by atoms with Crippen LogP contribution in [-0.2, 0) is 4.79 Å². The molecule has 0 radical (unpaired) electrons. The van der Waals surface area contributed by atoms with E-state index in [1.807, 2.05) is 62.4 Å². The summed E-state index contributed by atoms with van der Waals surface area (Å²) in [6.07, 6.45) is 1.14. The smallest absolute Gasteiger partial charge is 0.226 e. The summed E-state index contributed by atoms with van der Waals surface area (Å²) < 4.78 is 5.71. The summed E-state index contributed by atoms with van der Waals surface area (Å²) in [5.74, 6) is 0.583. The Balaban J connectivity index is 2.02. The van der Waals surface area contributed by atoms with Crippen LogP contribution in [0, 0.1) is 6.92 Å². The van der Waals surface area contributed by atoms with Gasteiger partial charge in [0, 0.05) is 12.5 Å². The Morgan fingerprint density at radius 1 is 1.22 bits per heavy atom. The highest BCUT2D eigenvalue weighted by atomic mass is 16.5. The van der Waals surface area contributed by atoms with Crippen LogP contribution in [0.25, 0.3) is 0 Å². The van der Waals surface area contributed by atoms with Gasteiger partial charge in [0.25, 0.3) is 0 Å². The van der Waals surface area contributed by atoms with Crippen molar-refractivity contribution in [1.82, 2.24) is 0 Å². The topological polar surface area (TPSA) is 64.3 Å². The quantitative estimate of drug-likeness (QED) is 0.817. The molecule has 23 heavy (non-hydrogen) atoms. The number of carbonyl (C=O) groups is 1. The molecule has 0 aliphatic rings. The summed E-state index contributed by atoms with van der Waals surface area (Å²) in [6.45, 7) is 4.67. The summed E-state index contributed by atoms with van der Waals surface area (Å²) in [7, 11) is 0. The summed E-state index contributed by atoms with van der Waals surface area (Å²) in [5.41, 5.74) is 8.83. The monoisotopic (exact) mass is 312 g/mol. The Morgan fingerprint density at radius 2 is 1.96 bits per heavy atom. The second-order valence-electron chi connectivity index (χ2n) is 5.62. The molecular weight excluding hydrogens is 288 g/mol. The maximum absolute atomic E-state index is 12.3. The van der Waals surface area contributed by atoms with E-state index in [2.05, 4.69) is 5.32 Å². The molecule has 0 bridgehead atoms. The van der Waals surface area contributed by atoms with Crippen LogP contribution in [0.15, 0.2) is 48.5 Å². The molecule has 0 fully saturated rings. The number of anilines is 1.